The first-order chi connectivity index (χ1) is 20.4. The van der Waals surface area contributed by atoms with E-state index in [0.29, 0.717) is 11.3 Å². The number of alkyl carbamates (subject to hydrolysis) is 1. The largest absolute Gasteiger partial charge is 0.497 e. The number of methoxy groups -OCH3 is 2. The van der Waals surface area contributed by atoms with Crippen molar-refractivity contribution in [2.75, 3.05) is 33.9 Å². The van der Waals surface area contributed by atoms with E-state index >= 15 is 0 Å². The average Bonchev–Trinajstić information content (AvgIpc) is 2.97. The third-order valence-electron chi connectivity index (χ3n) is 6.60. The molecule has 1 fully saturated rings. The molecule has 0 aromatic heterocycles. The fraction of sp³-hybridized carbons (Fsp3) is 0.452. The van der Waals surface area contributed by atoms with Crippen LogP contribution in [0.3, 0.4) is 0 Å². The SMILES string of the molecule is COC(=O)CC1C(=O)N(CC(=O)OC(C)(C)C)CCN1C(=O)C(Cc1ccc(OC)cc1)NC(=O)OCc1ccccc1. The molecule has 0 bridgehead atoms. The molecule has 12 heteroatoms. The van der Waals surface area contributed by atoms with Crippen LogP contribution in [0.2, 0.25) is 0 Å². The number of esters is 2. The maximum absolute atomic E-state index is 14.0. The lowest BCUT2D eigenvalue weighted by Crippen LogP contribution is -2.63. The Bertz CT molecular complexity index is 1280. The van der Waals surface area contributed by atoms with Crippen molar-refractivity contribution in [2.45, 2.75) is 57.9 Å². The summed E-state index contributed by atoms with van der Waals surface area (Å²) in [6, 6.07) is 13.6. The van der Waals surface area contributed by atoms with Gasteiger partial charge in [0.25, 0.3) is 0 Å². The van der Waals surface area contributed by atoms with E-state index in [1.165, 1.54) is 24.0 Å². The zero-order valence-electron chi connectivity index (χ0n) is 25.2. The number of ether oxygens (including phenoxy) is 4. The summed E-state index contributed by atoms with van der Waals surface area (Å²) in [6.07, 6.45) is -1.18. The maximum atomic E-state index is 14.0. The zero-order valence-corrected chi connectivity index (χ0v) is 25.2. The van der Waals surface area contributed by atoms with E-state index in [9.17, 15) is 24.0 Å². The van der Waals surface area contributed by atoms with Gasteiger partial charge < -0.3 is 34.1 Å². The summed E-state index contributed by atoms with van der Waals surface area (Å²) < 4.78 is 20.7. The summed E-state index contributed by atoms with van der Waals surface area (Å²) in [5.41, 5.74) is 0.723. The Balaban J connectivity index is 1.82. The van der Waals surface area contributed by atoms with Crippen LogP contribution in [0.25, 0.3) is 0 Å². The number of hydrogen-bond donors (Lipinski definition) is 1. The second kappa shape index (κ2) is 15.0. The van der Waals surface area contributed by atoms with Crippen molar-refractivity contribution in [3.8, 4) is 5.75 Å². The molecule has 1 N–H and O–H groups in total. The molecule has 2 aromatic carbocycles. The molecule has 3 rings (SSSR count). The van der Waals surface area contributed by atoms with Crippen LogP contribution in [0.15, 0.2) is 54.6 Å². The molecule has 2 aromatic rings. The molecular formula is C31H39N3O9. The van der Waals surface area contributed by atoms with E-state index in [0.717, 1.165) is 5.56 Å². The Morgan fingerprint density at radius 1 is 0.930 bits per heavy atom. The van der Waals surface area contributed by atoms with Crippen molar-refractivity contribution >= 4 is 29.8 Å². The summed E-state index contributed by atoms with van der Waals surface area (Å²) in [4.78, 5) is 67.6. The molecular weight excluding hydrogens is 558 g/mol. The Morgan fingerprint density at radius 2 is 1.60 bits per heavy atom. The summed E-state index contributed by atoms with van der Waals surface area (Å²) in [5.74, 6) is -1.90. The van der Waals surface area contributed by atoms with Gasteiger partial charge >= 0.3 is 18.0 Å². The second-order valence-electron chi connectivity index (χ2n) is 11.0. The Labute approximate surface area is 251 Å². The van der Waals surface area contributed by atoms with Gasteiger partial charge in [0.05, 0.1) is 20.6 Å². The molecule has 1 aliphatic rings. The fourth-order valence-corrected chi connectivity index (χ4v) is 4.53. The highest BCUT2D eigenvalue weighted by atomic mass is 16.6. The number of nitrogens with one attached hydrogen (secondary N) is 1. The van der Waals surface area contributed by atoms with Gasteiger partial charge in [0.1, 0.15) is 36.6 Å². The number of nitrogens with zero attached hydrogens (tertiary/aromatic N) is 2. The van der Waals surface area contributed by atoms with Crippen LogP contribution in [-0.4, -0.2) is 91.2 Å². The van der Waals surface area contributed by atoms with Gasteiger partial charge in [-0.15, -0.1) is 0 Å². The van der Waals surface area contributed by atoms with Gasteiger partial charge in [0.2, 0.25) is 11.8 Å². The molecule has 12 nitrogen and oxygen atoms in total. The van der Waals surface area contributed by atoms with Crippen LogP contribution in [0.4, 0.5) is 4.79 Å². The highest BCUT2D eigenvalue weighted by Gasteiger charge is 2.42. The van der Waals surface area contributed by atoms with Crippen molar-refractivity contribution in [2.24, 2.45) is 0 Å². The number of hydrogen-bond acceptors (Lipinski definition) is 9. The highest BCUT2D eigenvalue weighted by Crippen LogP contribution is 2.20. The fourth-order valence-electron chi connectivity index (χ4n) is 4.53. The molecule has 2 atom stereocenters. The first-order valence-corrected chi connectivity index (χ1v) is 13.9. The zero-order chi connectivity index (χ0) is 31.6. The van der Waals surface area contributed by atoms with E-state index in [1.807, 2.05) is 18.2 Å². The average molecular weight is 598 g/mol. The van der Waals surface area contributed by atoms with Crippen LogP contribution in [0.1, 0.15) is 38.3 Å². The van der Waals surface area contributed by atoms with Crippen LogP contribution >= 0.6 is 0 Å². The van der Waals surface area contributed by atoms with Crippen LogP contribution < -0.4 is 10.1 Å². The Hall–Kier alpha value is -4.61. The van der Waals surface area contributed by atoms with Crippen molar-refractivity contribution < 1.29 is 42.9 Å². The third-order valence-corrected chi connectivity index (χ3v) is 6.60. The molecule has 2 unspecified atom stereocenters. The number of carbonyl (C=O) groups excluding carboxylic acids is 5. The number of benzene rings is 2. The number of piperazine rings is 1. The number of carbonyl (C=O) groups is 5. The minimum absolute atomic E-state index is 0.00882. The van der Waals surface area contributed by atoms with Gasteiger partial charge in [-0.25, -0.2) is 4.79 Å². The molecule has 0 aliphatic carbocycles. The van der Waals surface area contributed by atoms with Gasteiger partial charge in [0, 0.05) is 19.5 Å². The van der Waals surface area contributed by atoms with Gasteiger partial charge in [-0.2, -0.15) is 0 Å². The monoisotopic (exact) mass is 597 g/mol. The standard InChI is InChI=1S/C31H39N3O9/c1-31(2,3)43-27(36)19-33-15-16-34(25(29(33)38)18-26(35)41-5)28(37)24(17-21-11-13-23(40-4)14-12-21)32-30(39)42-20-22-9-7-6-8-10-22/h6-14,24-25H,15-20H2,1-5H3,(H,32,39). The quantitative estimate of drug-likeness (QED) is 0.306. The molecule has 1 aliphatic heterocycles. The molecule has 0 spiro atoms. The molecule has 0 radical (unpaired) electrons. The van der Waals surface area contributed by atoms with Gasteiger partial charge in [-0.05, 0) is 44.0 Å². The van der Waals surface area contributed by atoms with Crippen molar-refractivity contribution in [3.63, 3.8) is 0 Å². The van der Waals surface area contributed by atoms with Crippen molar-refractivity contribution in [1.29, 1.82) is 0 Å². The number of rotatable bonds is 11. The maximum Gasteiger partial charge on any atom is 0.408 e. The predicted octanol–water partition coefficient (Wildman–Crippen LogP) is 2.48. The van der Waals surface area contributed by atoms with Crippen LogP contribution in [0, 0.1) is 0 Å². The van der Waals surface area contributed by atoms with Gasteiger partial charge in [-0.3, -0.25) is 19.2 Å². The Morgan fingerprint density at radius 3 is 2.21 bits per heavy atom. The van der Waals surface area contributed by atoms with E-state index in [1.54, 1.807) is 57.2 Å². The lowest BCUT2D eigenvalue weighted by Gasteiger charge is -2.41. The Kier molecular flexibility index (Phi) is 11.5. The van der Waals surface area contributed by atoms with Crippen molar-refractivity contribution in [1.82, 2.24) is 15.1 Å². The van der Waals surface area contributed by atoms with E-state index in [-0.39, 0.29) is 32.7 Å². The summed E-state index contributed by atoms with van der Waals surface area (Å²) in [5, 5.41) is 2.63. The van der Waals surface area contributed by atoms with Crippen LogP contribution in [-0.2, 0) is 46.4 Å². The summed E-state index contributed by atoms with van der Waals surface area (Å²) >= 11 is 0. The predicted molar refractivity (Wildman–Crippen MR) is 155 cm³/mol. The summed E-state index contributed by atoms with van der Waals surface area (Å²) in [7, 11) is 2.71. The minimum atomic E-state index is -1.25. The smallest absolute Gasteiger partial charge is 0.408 e. The molecule has 232 valence electrons. The second-order valence-corrected chi connectivity index (χ2v) is 11.0. The van der Waals surface area contributed by atoms with Crippen molar-refractivity contribution in [3.05, 3.63) is 65.7 Å². The molecule has 1 heterocycles. The third kappa shape index (κ3) is 10.0. The molecule has 43 heavy (non-hydrogen) atoms. The molecule has 3 amide bonds. The normalized spacial score (nSPS) is 15.7. The highest BCUT2D eigenvalue weighted by molar-refractivity contribution is 5.95. The lowest BCUT2D eigenvalue weighted by molar-refractivity contribution is -0.164. The molecule has 1 saturated heterocycles. The molecule has 0 saturated carbocycles. The van der Waals surface area contributed by atoms with Gasteiger partial charge in [-0.1, -0.05) is 42.5 Å². The first-order valence-electron chi connectivity index (χ1n) is 13.9. The van der Waals surface area contributed by atoms with Gasteiger partial charge in [0.15, 0.2) is 0 Å². The summed E-state index contributed by atoms with van der Waals surface area (Å²) in [6.45, 7) is 4.82. The lowest BCUT2D eigenvalue weighted by atomic mass is 10.0. The van der Waals surface area contributed by atoms with E-state index < -0.39 is 54.0 Å². The first kappa shape index (κ1) is 32.9. The number of amides is 3. The van der Waals surface area contributed by atoms with Crippen LogP contribution in [0.5, 0.6) is 5.75 Å². The van der Waals surface area contributed by atoms with E-state index in [4.69, 9.17) is 18.9 Å². The minimum Gasteiger partial charge on any atom is -0.497 e. The topological polar surface area (TPSA) is 141 Å². The van der Waals surface area contributed by atoms with E-state index in [2.05, 4.69) is 5.32 Å².